The summed E-state index contributed by atoms with van der Waals surface area (Å²) in [5.41, 5.74) is 4.29. The lowest BCUT2D eigenvalue weighted by atomic mass is 9.96. The summed E-state index contributed by atoms with van der Waals surface area (Å²) in [5.74, 6) is 1.74. The lowest BCUT2D eigenvalue weighted by molar-refractivity contribution is -0.0190. The molecule has 0 unspecified atom stereocenters. The van der Waals surface area contributed by atoms with Crippen molar-refractivity contribution in [1.29, 1.82) is 0 Å². The maximum Gasteiger partial charge on any atom is 0.213 e. The van der Waals surface area contributed by atoms with Crippen molar-refractivity contribution in [3.05, 3.63) is 94.5 Å². The number of hydrazone groups is 1. The van der Waals surface area contributed by atoms with Gasteiger partial charge in [0.05, 0.1) is 18.4 Å². The number of halogens is 1. The van der Waals surface area contributed by atoms with Crippen molar-refractivity contribution < 1.29 is 9.47 Å². The number of ether oxygens (including phenoxy) is 2. The fourth-order valence-corrected chi connectivity index (χ4v) is 4.16. The van der Waals surface area contributed by atoms with Crippen LogP contribution in [0.15, 0.2) is 77.9 Å². The molecule has 0 fully saturated rings. The minimum Gasteiger partial charge on any atom is -0.494 e. The molecule has 2 heterocycles. The maximum absolute atomic E-state index is 6.36. The average molecular weight is 405 g/mol. The molecule has 3 aromatic rings. The predicted molar refractivity (Wildman–Crippen MR) is 115 cm³/mol. The number of hydrogen-bond donors (Lipinski definition) is 0. The fourth-order valence-electron chi connectivity index (χ4n) is 3.98. The van der Waals surface area contributed by atoms with Crippen LogP contribution in [0.3, 0.4) is 0 Å². The van der Waals surface area contributed by atoms with Gasteiger partial charge in [0.25, 0.3) is 0 Å². The van der Waals surface area contributed by atoms with E-state index in [1.807, 2.05) is 55.5 Å². The lowest BCUT2D eigenvalue weighted by Gasteiger charge is -2.38. The summed E-state index contributed by atoms with van der Waals surface area (Å²) < 4.78 is 11.9. The van der Waals surface area contributed by atoms with E-state index in [9.17, 15) is 0 Å². The van der Waals surface area contributed by atoms with Gasteiger partial charge in [-0.05, 0) is 55.0 Å². The van der Waals surface area contributed by atoms with Crippen LogP contribution in [0.4, 0.5) is 0 Å². The smallest absolute Gasteiger partial charge is 0.213 e. The van der Waals surface area contributed by atoms with Gasteiger partial charge in [0, 0.05) is 22.6 Å². The Hall–Kier alpha value is -2.98. The molecule has 0 amide bonds. The van der Waals surface area contributed by atoms with Crippen LogP contribution in [0.1, 0.15) is 42.3 Å². The highest BCUT2D eigenvalue weighted by atomic mass is 35.5. The van der Waals surface area contributed by atoms with Crippen LogP contribution in [0, 0.1) is 0 Å². The fraction of sp³-hybridized carbons (Fsp3) is 0.208. The number of hydrogen-bond acceptors (Lipinski definition) is 4. The van der Waals surface area contributed by atoms with Gasteiger partial charge in [0.2, 0.25) is 6.23 Å². The van der Waals surface area contributed by atoms with Crippen molar-refractivity contribution >= 4 is 17.3 Å². The molecule has 2 atom stereocenters. The van der Waals surface area contributed by atoms with E-state index in [-0.39, 0.29) is 12.3 Å². The quantitative estimate of drug-likeness (QED) is 0.536. The van der Waals surface area contributed by atoms with E-state index in [0.29, 0.717) is 11.6 Å². The van der Waals surface area contributed by atoms with Gasteiger partial charge >= 0.3 is 0 Å². The van der Waals surface area contributed by atoms with Crippen molar-refractivity contribution in [1.82, 2.24) is 5.01 Å². The molecule has 3 aromatic carbocycles. The van der Waals surface area contributed by atoms with Crippen molar-refractivity contribution in [3.63, 3.8) is 0 Å². The predicted octanol–water partition coefficient (Wildman–Crippen LogP) is 5.98. The molecule has 0 bridgehead atoms. The Morgan fingerprint density at radius 1 is 1.07 bits per heavy atom. The van der Waals surface area contributed by atoms with Gasteiger partial charge in [0.15, 0.2) is 0 Å². The molecule has 5 rings (SSSR count). The van der Waals surface area contributed by atoms with Crippen molar-refractivity contribution in [3.8, 4) is 11.5 Å². The molecule has 0 N–H and O–H groups in total. The van der Waals surface area contributed by atoms with Gasteiger partial charge < -0.3 is 9.47 Å². The zero-order chi connectivity index (χ0) is 19.8. The van der Waals surface area contributed by atoms with Crippen molar-refractivity contribution in [2.45, 2.75) is 25.6 Å². The molecule has 146 valence electrons. The molecule has 0 saturated heterocycles. The molecule has 0 aromatic heterocycles. The van der Waals surface area contributed by atoms with Crippen LogP contribution >= 0.6 is 11.6 Å². The Balaban J connectivity index is 1.54. The van der Waals surface area contributed by atoms with Crippen LogP contribution in [0.2, 0.25) is 5.02 Å². The van der Waals surface area contributed by atoms with Crippen LogP contribution in [-0.2, 0) is 0 Å². The standard InChI is InChI=1S/C24H21ClN2O2/c1-2-28-19-11-8-16(9-12-19)21-15-22-20-14-18(25)10-13-23(20)29-24(27(22)26-21)17-6-4-3-5-7-17/h3-14,22,24H,2,15H2,1H3/t22-,24+/m0/s1. The highest BCUT2D eigenvalue weighted by molar-refractivity contribution is 6.30. The summed E-state index contributed by atoms with van der Waals surface area (Å²) in [5, 5.41) is 7.76. The number of benzene rings is 3. The summed E-state index contributed by atoms with van der Waals surface area (Å²) in [7, 11) is 0. The molecule has 4 nitrogen and oxygen atoms in total. The van der Waals surface area contributed by atoms with Crippen molar-refractivity contribution in [2.75, 3.05) is 6.61 Å². The Labute approximate surface area is 175 Å². The number of nitrogens with zero attached hydrogens (tertiary/aromatic N) is 2. The first-order valence-electron chi connectivity index (χ1n) is 9.83. The molecule has 0 saturated carbocycles. The third-order valence-electron chi connectivity index (χ3n) is 5.34. The monoisotopic (exact) mass is 404 g/mol. The molecule has 0 radical (unpaired) electrons. The summed E-state index contributed by atoms with van der Waals surface area (Å²) in [6.45, 7) is 2.64. The first kappa shape index (κ1) is 18.1. The first-order valence-corrected chi connectivity index (χ1v) is 10.2. The Bertz CT molecular complexity index is 1050. The Morgan fingerprint density at radius 2 is 1.86 bits per heavy atom. The van der Waals surface area contributed by atoms with Crippen LogP contribution in [0.25, 0.3) is 0 Å². The second-order valence-corrected chi connectivity index (χ2v) is 7.60. The Morgan fingerprint density at radius 3 is 2.62 bits per heavy atom. The lowest BCUT2D eigenvalue weighted by Crippen LogP contribution is -2.33. The average Bonchev–Trinajstić information content (AvgIpc) is 3.20. The molecular weight excluding hydrogens is 384 g/mol. The second kappa shape index (κ2) is 7.45. The zero-order valence-corrected chi connectivity index (χ0v) is 16.8. The van der Waals surface area contributed by atoms with Gasteiger partial charge in [0.1, 0.15) is 11.5 Å². The third-order valence-corrected chi connectivity index (χ3v) is 5.57. The summed E-state index contributed by atoms with van der Waals surface area (Å²) in [4.78, 5) is 0. The third kappa shape index (κ3) is 3.34. The van der Waals surface area contributed by atoms with Gasteiger partial charge in [-0.25, -0.2) is 5.01 Å². The van der Waals surface area contributed by atoms with Crippen LogP contribution in [0.5, 0.6) is 11.5 Å². The van der Waals surface area contributed by atoms with E-state index >= 15 is 0 Å². The van der Waals surface area contributed by atoms with Crippen molar-refractivity contribution in [2.24, 2.45) is 5.10 Å². The topological polar surface area (TPSA) is 34.1 Å². The van der Waals surface area contributed by atoms with Crippen LogP contribution in [-0.4, -0.2) is 17.3 Å². The van der Waals surface area contributed by atoms with Gasteiger partial charge in [-0.1, -0.05) is 41.9 Å². The molecule has 5 heteroatoms. The molecular formula is C24H21ClN2O2. The summed E-state index contributed by atoms with van der Waals surface area (Å²) in [6, 6.07) is 24.3. The van der Waals surface area contributed by atoms with E-state index in [1.165, 1.54) is 0 Å². The Kier molecular flexibility index (Phi) is 4.64. The zero-order valence-electron chi connectivity index (χ0n) is 16.1. The maximum atomic E-state index is 6.36. The van der Waals surface area contributed by atoms with E-state index < -0.39 is 0 Å². The van der Waals surface area contributed by atoms with E-state index in [2.05, 4.69) is 29.3 Å². The normalized spacial score (nSPS) is 19.8. The van der Waals surface area contributed by atoms with E-state index in [0.717, 1.165) is 40.3 Å². The SMILES string of the molecule is CCOc1ccc(C2=NN3[C@@H](c4ccccc4)Oc4ccc(Cl)cc4[C@@H]3C2)cc1. The van der Waals surface area contributed by atoms with Crippen LogP contribution < -0.4 is 9.47 Å². The highest BCUT2D eigenvalue weighted by Gasteiger charge is 2.41. The van der Waals surface area contributed by atoms with E-state index in [1.54, 1.807) is 0 Å². The van der Waals surface area contributed by atoms with E-state index in [4.69, 9.17) is 26.2 Å². The summed E-state index contributed by atoms with van der Waals surface area (Å²) in [6.07, 6.45) is 0.531. The number of fused-ring (bicyclic) bond motifs is 3. The molecule has 2 aliphatic heterocycles. The molecule has 29 heavy (non-hydrogen) atoms. The van der Waals surface area contributed by atoms with Gasteiger partial charge in [-0.15, -0.1) is 0 Å². The first-order chi connectivity index (χ1) is 14.2. The van der Waals surface area contributed by atoms with Gasteiger partial charge in [-0.3, -0.25) is 0 Å². The minimum absolute atomic E-state index is 0.0872. The molecule has 0 aliphatic carbocycles. The van der Waals surface area contributed by atoms with Gasteiger partial charge in [-0.2, -0.15) is 5.10 Å². The molecule has 0 spiro atoms. The minimum atomic E-state index is -0.268. The second-order valence-electron chi connectivity index (χ2n) is 7.17. The largest absolute Gasteiger partial charge is 0.494 e. The highest BCUT2D eigenvalue weighted by Crippen LogP contribution is 2.48. The summed E-state index contributed by atoms with van der Waals surface area (Å²) >= 11 is 6.30. The number of rotatable bonds is 4. The molecule has 2 aliphatic rings.